The summed E-state index contributed by atoms with van der Waals surface area (Å²) in [5.74, 6) is -0.615. The summed E-state index contributed by atoms with van der Waals surface area (Å²) in [5, 5.41) is 82.4. The molecule has 2 saturated heterocycles. The predicted molar refractivity (Wildman–Crippen MR) is 80.3 cm³/mol. The Labute approximate surface area is 148 Å². The van der Waals surface area contributed by atoms with E-state index in [0.717, 1.165) is 6.92 Å². The molecule has 0 aromatic rings. The van der Waals surface area contributed by atoms with E-state index in [1.54, 1.807) is 0 Å². The van der Waals surface area contributed by atoms with Crippen LogP contribution in [-0.4, -0.2) is 121 Å². The highest BCUT2D eigenvalue weighted by atomic mass is 16.6. The Morgan fingerprint density at radius 2 is 1.81 bits per heavy atom. The number of aliphatic hydroxyl groups excluding tert-OH is 7. The molecule has 2 rings (SSSR count). The van der Waals surface area contributed by atoms with Crippen LogP contribution in [0.4, 0.5) is 0 Å². The Morgan fingerprint density at radius 1 is 1.19 bits per heavy atom. The van der Waals surface area contributed by atoms with E-state index in [1.807, 2.05) is 0 Å². The number of carbonyl (C=O) groups is 1. The van der Waals surface area contributed by atoms with Gasteiger partial charge in [0.2, 0.25) is 5.91 Å². The fourth-order valence-corrected chi connectivity index (χ4v) is 3.18. The molecule has 12 nitrogen and oxygen atoms in total. The molecule has 1 unspecified atom stereocenters. The van der Waals surface area contributed by atoms with E-state index in [2.05, 4.69) is 5.32 Å². The van der Waals surface area contributed by atoms with Gasteiger partial charge in [-0.15, -0.1) is 0 Å². The maximum absolute atomic E-state index is 11.1. The van der Waals surface area contributed by atoms with Crippen LogP contribution in [-0.2, 0) is 14.3 Å². The Balaban J connectivity index is 2.18. The third-order valence-electron chi connectivity index (χ3n) is 4.78. The summed E-state index contributed by atoms with van der Waals surface area (Å²) in [5.41, 5.74) is -2.53. The molecule has 0 spiro atoms. The Hall–Kier alpha value is -0.930. The first-order valence-corrected chi connectivity index (χ1v) is 8.00. The van der Waals surface area contributed by atoms with Crippen LogP contribution in [0.15, 0.2) is 0 Å². The zero-order chi connectivity index (χ0) is 19.8. The molecule has 0 radical (unpaired) electrons. The summed E-state index contributed by atoms with van der Waals surface area (Å²) in [6, 6.07) is -1.39. The van der Waals surface area contributed by atoms with E-state index in [9.17, 15) is 40.5 Å². The first-order chi connectivity index (χ1) is 12.0. The van der Waals surface area contributed by atoms with Crippen molar-refractivity contribution in [2.45, 2.75) is 67.6 Å². The maximum Gasteiger partial charge on any atom is 0.217 e. The van der Waals surface area contributed by atoms with Crippen LogP contribution in [0.2, 0.25) is 0 Å². The van der Waals surface area contributed by atoms with E-state index in [-0.39, 0.29) is 0 Å². The van der Waals surface area contributed by atoms with Gasteiger partial charge >= 0.3 is 0 Å². The molecular formula is C14H25NO11. The second-order valence-corrected chi connectivity index (χ2v) is 6.60. The van der Waals surface area contributed by atoms with Crippen molar-refractivity contribution >= 4 is 5.91 Å². The fraction of sp³-hybridized carbons (Fsp3) is 0.929. The number of amides is 1. The molecule has 2 aliphatic heterocycles. The molecule has 2 heterocycles. The predicted octanol–water partition coefficient (Wildman–Crippen LogP) is -5.86. The van der Waals surface area contributed by atoms with Crippen LogP contribution < -0.4 is 5.32 Å². The van der Waals surface area contributed by atoms with Crippen LogP contribution in [0.25, 0.3) is 0 Å². The van der Waals surface area contributed by atoms with E-state index >= 15 is 0 Å². The summed E-state index contributed by atoms with van der Waals surface area (Å²) in [6.07, 6.45) is -14.3. The zero-order valence-electron chi connectivity index (χ0n) is 13.9. The number of hydrogen-bond acceptors (Lipinski definition) is 11. The molecule has 26 heavy (non-hydrogen) atoms. The van der Waals surface area contributed by atoms with Crippen molar-refractivity contribution in [2.24, 2.45) is 0 Å². The number of rotatable bonds is 4. The van der Waals surface area contributed by atoms with E-state index < -0.39 is 79.8 Å². The van der Waals surface area contributed by atoms with Crippen molar-refractivity contribution in [1.82, 2.24) is 5.32 Å². The van der Waals surface area contributed by atoms with Crippen LogP contribution in [0.3, 0.4) is 0 Å². The van der Waals surface area contributed by atoms with Crippen LogP contribution in [0, 0.1) is 0 Å². The van der Waals surface area contributed by atoms with Gasteiger partial charge in [0.1, 0.15) is 54.4 Å². The minimum atomic E-state index is -2.53. The van der Waals surface area contributed by atoms with Crippen LogP contribution >= 0.6 is 0 Å². The van der Waals surface area contributed by atoms with Crippen molar-refractivity contribution in [2.75, 3.05) is 13.2 Å². The van der Waals surface area contributed by atoms with Gasteiger partial charge in [0, 0.05) is 6.92 Å². The number of hydrogen-bond donors (Lipinski definition) is 9. The second kappa shape index (κ2) is 7.98. The van der Waals surface area contributed by atoms with Gasteiger partial charge in [-0.05, 0) is 0 Å². The van der Waals surface area contributed by atoms with Gasteiger partial charge in [0.25, 0.3) is 0 Å². The molecule has 0 bridgehead atoms. The molecule has 9 N–H and O–H groups in total. The van der Waals surface area contributed by atoms with Crippen molar-refractivity contribution < 1.29 is 55.1 Å². The zero-order valence-corrected chi connectivity index (χ0v) is 13.9. The Kier molecular flexibility index (Phi) is 6.56. The molecule has 0 aromatic carbocycles. The number of ether oxygens (including phenoxy) is 2. The summed E-state index contributed by atoms with van der Waals surface area (Å²) < 4.78 is 10.0. The molecule has 0 aromatic heterocycles. The third-order valence-corrected chi connectivity index (χ3v) is 4.78. The molecule has 1 amide bonds. The molecule has 0 saturated carbocycles. The van der Waals surface area contributed by atoms with Gasteiger partial charge < -0.3 is 55.6 Å². The highest BCUT2D eigenvalue weighted by molar-refractivity contribution is 5.73. The van der Waals surface area contributed by atoms with E-state index in [1.165, 1.54) is 0 Å². The largest absolute Gasteiger partial charge is 0.394 e. The highest BCUT2D eigenvalue weighted by Gasteiger charge is 2.58. The smallest absolute Gasteiger partial charge is 0.217 e. The average Bonchev–Trinajstić information content (AvgIpc) is 2.59. The van der Waals surface area contributed by atoms with Gasteiger partial charge in [-0.25, -0.2) is 0 Å². The Bertz CT molecular complexity index is 507. The minimum Gasteiger partial charge on any atom is -0.394 e. The van der Waals surface area contributed by atoms with E-state index in [0.29, 0.717) is 0 Å². The molecule has 152 valence electrons. The van der Waals surface area contributed by atoms with Gasteiger partial charge in [-0.1, -0.05) is 0 Å². The SMILES string of the molecule is CC(=O)N[C@H]1[C@@H](O)[C@@H](O)[C@@H](C(O)[C@@]2(O)CO[C@H](CO)[C@H](O)[C@@H]2O)O[C@@H]1O. The molecule has 12 heteroatoms. The number of aliphatic hydroxyl groups is 8. The first kappa shape index (κ1) is 21.4. The van der Waals surface area contributed by atoms with Crippen LogP contribution in [0.1, 0.15) is 6.92 Å². The lowest BCUT2D eigenvalue weighted by Crippen LogP contribution is -2.73. The van der Waals surface area contributed by atoms with Crippen molar-refractivity contribution in [3.63, 3.8) is 0 Å². The van der Waals surface area contributed by atoms with Crippen molar-refractivity contribution in [1.29, 1.82) is 0 Å². The standard InChI is InChI=1S/C14H25NO11/c1-4(17)15-6-8(19)9(20)10(26-13(6)23)12(22)14(24)3-25-5(2-16)7(18)11(14)21/h5-13,16,18-24H,2-3H2,1H3,(H,15,17)/t5-,6+,7+,8-,9-,10+,11+,12?,13+,14-/m1/s1. The minimum absolute atomic E-state index is 0.615. The topological polar surface area (TPSA) is 209 Å². The first-order valence-electron chi connectivity index (χ1n) is 8.00. The third kappa shape index (κ3) is 3.71. The summed E-state index contributed by atoms with van der Waals surface area (Å²) in [4.78, 5) is 11.1. The Morgan fingerprint density at radius 3 is 2.35 bits per heavy atom. The van der Waals surface area contributed by atoms with Crippen LogP contribution in [0.5, 0.6) is 0 Å². The van der Waals surface area contributed by atoms with Gasteiger partial charge in [0.05, 0.1) is 13.2 Å². The molecule has 10 atom stereocenters. The van der Waals surface area contributed by atoms with Gasteiger partial charge in [0.15, 0.2) is 6.29 Å². The van der Waals surface area contributed by atoms with Gasteiger partial charge in [-0.2, -0.15) is 0 Å². The lowest BCUT2D eigenvalue weighted by atomic mass is 9.78. The molecule has 2 fully saturated rings. The lowest BCUT2D eigenvalue weighted by molar-refractivity contribution is -0.318. The van der Waals surface area contributed by atoms with Crippen molar-refractivity contribution in [3.05, 3.63) is 0 Å². The lowest BCUT2D eigenvalue weighted by Gasteiger charge is -2.50. The maximum atomic E-state index is 11.1. The summed E-state index contributed by atoms with van der Waals surface area (Å²) in [7, 11) is 0. The normalized spacial score (nSPS) is 48.0. The van der Waals surface area contributed by atoms with Gasteiger partial charge in [-0.3, -0.25) is 4.79 Å². The molecular weight excluding hydrogens is 358 g/mol. The summed E-state index contributed by atoms with van der Waals surface area (Å²) in [6.45, 7) is -0.265. The summed E-state index contributed by atoms with van der Waals surface area (Å²) >= 11 is 0. The highest BCUT2D eigenvalue weighted by Crippen LogP contribution is 2.33. The average molecular weight is 383 g/mol. The van der Waals surface area contributed by atoms with Crippen molar-refractivity contribution in [3.8, 4) is 0 Å². The number of nitrogens with one attached hydrogen (secondary N) is 1. The number of carbonyl (C=O) groups excluding carboxylic acids is 1. The monoisotopic (exact) mass is 383 g/mol. The molecule has 2 aliphatic rings. The molecule has 0 aliphatic carbocycles. The second-order valence-electron chi connectivity index (χ2n) is 6.60. The van der Waals surface area contributed by atoms with E-state index in [4.69, 9.17) is 14.6 Å². The quantitative estimate of drug-likeness (QED) is 0.223. The fourth-order valence-electron chi connectivity index (χ4n) is 3.18.